The van der Waals surface area contributed by atoms with E-state index in [1.54, 1.807) is 20.8 Å². The van der Waals surface area contributed by atoms with E-state index in [2.05, 4.69) is 0 Å². The molecule has 0 saturated heterocycles. The third-order valence-corrected chi connectivity index (χ3v) is 6.04. The molecule has 0 aliphatic rings. The highest BCUT2D eigenvalue weighted by Crippen LogP contribution is 2.39. The van der Waals surface area contributed by atoms with Crippen molar-refractivity contribution in [1.82, 2.24) is 0 Å². The van der Waals surface area contributed by atoms with Crippen LogP contribution < -0.4 is 0 Å². The zero-order chi connectivity index (χ0) is 47.8. The van der Waals surface area contributed by atoms with E-state index < -0.39 is 66.1 Å². The van der Waals surface area contributed by atoms with Gasteiger partial charge in [0.1, 0.15) is 0 Å². The molecule has 0 spiro atoms. The SMILES string of the molecule is C.CC(C)C(C)(F)F.CC(C)C(F)(F)C(C)(F)F.CC(C)C(F)(F)F.CC(C)C(F)F.CC(C)CC(C)(F)F.CC(C)CC(C)F.CC(C)CCF.CC(C)CF. The molecule has 0 aliphatic heterocycles. The molecule has 0 aromatic heterocycles. The fraction of sp³-hybridized carbons (Fsp3) is 1.00. The number of halogens is 16. The molecule has 0 N–H and O–H groups in total. The molecule has 0 radical (unpaired) electrons. The highest BCUT2D eigenvalue weighted by molar-refractivity contribution is 4.83. The molecule has 1 unspecified atom stereocenters. The summed E-state index contributed by atoms with van der Waals surface area (Å²) in [5.41, 5.74) is 0. The maximum absolute atomic E-state index is 12.3. The Kier molecular flexibility index (Phi) is 52.5. The van der Waals surface area contributed by atoms with Crippen molar-refractivity contribution >= 4 is 0 Å². The van der Waals surface area contributed by atoms with Crippen molar-refractivity contribution in [2.75, 3.05) is 13.3 Å². The van der Waals surface area contributed by atoms with Crippen molar-refractivity contribution in [3.8, 4) is 0 Å². The zero-order valence-corrected chi connectivity index (χ0v) is 37.9. The summed E-state index contributed by atoms with van der Waals surface area (Å²) < 4.78 is 186. The van der Waals surface area contributed by atoms with E-state index in [0.717, 1.165) is 41.5 Å². The monoisotopic (exact) mass is 881 g/mol. The van der Waals surface area contributed by atoms with Crippen LogP contribution in [0.4, 0.5) is 70.2 Å². The van der Waals surface area contributed by atoms with Crippen LogP contribution in [0, 0.1) is 47.3 Å². The Balaban J connectivity index is -0.0000000663. The third-order valence-electron chi connectivity index (χ3n) is 6.04. The quantitative estimate of drug-likeness (QED) is 0.181. The molecule has 0 aromatic carbocycles. The smallest absolute Gasteiger partial charge is 0.251 e. The van der Waals surface area contributed by atoms with Gasteiger partial charge in [0.2, 0.25) is 18.3 Å². The van der Waals surface area contributed by atoms with Crippen LogP contribution in [0.5, 0.6) is 0 Å². The van der Waals surface area contributed by atoms with Crippen LogP contribution in [-0.4, -0.2) is 55.8 Å². The van der Waals surface area contributed by atoms with E-state index >= 15 is 0 Å². The Morgan fingerprint density at radius 1 is 0.456 bits per heavy atom. The molecule has 0 nitrogen and oxygen atoms in total. The fourth-order valence-electron chi connectivity index (χ4n) is 2.09. The number of alkyl halides is 16. The van der Waals surface area contributed by atoms with Crippen LogP contribution in [0.3, 0.4) is 0 Å². The highest BCUT2D eigenvalue weighted by Gasteiger charge is 2.54. The second-order valence-corrected chi connectivity index (χ2v) is 16.5. The van der Waals surface area contributed by atoms with Gasteiger partial charge in [0.25, 0.3) is 0 Å². The van der Waals surface area contributed by atoms with E-state index in [9.17, 15) is 70.2 Å². The minimum Gasteiger partial charge on any atom is -0.251 e. The molecule has 0 amide bonds. The molecule has 0 aliphatic carbocycles. The van der Waals surface area contributed by atoms with Gasteiger partial charge in [0.15, 0.2) is 0 Å². The van der Waals surface area contributed by atoms with Gasteiger partial charge >= 0.3 is 18.0 Å². The number of hydrogen-bond donors (Lipinski definition) is 0. The summed E-state index contributed by atoms with van der Waals surface area (Å²) in [6, 6.07) is 0. The minimum absolute atomic E-state index is 0. The summed E-state index contributed by atoms with van der Waals surface area (Å²) in [7, 11) is 0. The Labute approximate surface area is 338 Å². The van der Waals surface area contributed by atoms with Crippen molar-refractivity contribution in [3.05, 3.63) is 0 Å². The van der Waals surface area contributed by atoms with E-state index in [1.165, 1.54) is 27.7 Å². The standard InChI is InChI=1S/C6H10F4.C6H12F2.C6H13F.C5H10F2.C5H11F.C4H7F3.C4H8F2.C4H9F.CH4/c1-4(2)6(9,10)5(3,7)8;1-5(2)4-6(3,7)8;1-5(2)4-6(3)7;1-4(2)5(3,6)7;1-5(2)3-4-6;1-3(2)4(5,6)7;1-3(2)4(5)6;1-4(2)3-5;/h4H,1-3H3;5H,4H2,1-3H3;5-6H,4H2,1-3H3;4H,1-3H3;5H,3-4H2,1-2H3;3H,1-2H3;3-4H,1-2H3;4H,3H2,1-2H3;1H4. The minimum atomic E-state index is -4.00. The topological polar surface area (TPSA) is 0 Å². The molecular formula is C41H84F16. The summed E-state index contributed by atoms with van der Waals surface area (Å²) in [5, 5.41) is 0. The molecule has 0 heterocycles. The number of hydrogen-bond acceptors (Lipinski definition) is 0. The van der Waals surface area contributed by atoms with Crippen molar-refractivity contribution in [3.63, 3.8) is 0 Å². The average Bonchev–Trinajstić information content (AvgIpc) is 2.91. The normalized spacial score (nSPS) is 12.4. The van der Waals surface area contributed by atoms with Gasteiger partial charge in [0.05, 0.1) is 19.5 Å². The predicted octanol–water partition coefficient (Wildman–Crippen LogP) is 18.7. The molecule has 0 saturated carbocycles. The molecule has 0 bridgehead atoms. The van der Waals surface area contributed by atoms with Crippen LogP contribution in [0.25, 0.3) is 0 Å². The van der Waals surface area contributed by atoms with Gasteiger partial charge < -0.3 is 0 Å². The zero-order valence-electron chi connectivity index (χ0n) is 37.9. The first-order chi connectivity index (χ1) is 24.3. The van der Waals surface area contributed by atoms with Gasteiger partial charge in [-0.15, -0.1) is 0 Å². The van der Waals surface area contributed by atoms with Crippen molar-refractivity contribution < 1.29 is 70.2 Å². The van der Waals surface area contributed by atoms with Crippen molar-refractivity contribution in [1.29, 1.82) is 0 Å². The van der Waals surface area contributed by atoms with Gasteiger partial charge in [-0.2, -0.15) is 22.0 Å². The Hall–Kier alpha value is -1.12. The molecule has 1 atom stereocenters. The van der Waals surface area contributed by atoms with Gasteiger partial charge in [-0.25, -0.2) is 39.5 Å². The highest BCUT2D eigenvalue weighted by atomic mass is 19.4. The lowest BCUT2D eigenvalue weighted by Gasteiger charge is -2.26. The molecule has 0 rings (SSSR count). The molecule has 16 heteroatoms. The van der Waals surface area contributed by atoms with Gasteiger partial charge in [-0.05, 0) is 57.3 Å². The first kappa shape index (κ1) is 76.6. The summed E-state index contributed by atoms with van der Waals surface area (Å²) in [6.45, 7) is 29.1. The van der Waals surface area contributed by atoms with Gasteiger partial charge in [-0.1, -0.05) is 118 Å². The molecular weight excluding hydrogens is 796 g/mol. The Morgan fingerprint density at radius 2 is 0.737 bits per heavy atom. The van der Waals surface area contributed by atoms with Crippen LogP contribution in [0.2, 0.25) is 0 Å². The van der Waals surface area contributed by atoms with Crippen molar-refractivity contribution in [2.45, 2.75) is 208 Å². The molecule has 0 fully saturated rings. The van der Waals surface area contributed by atoms with E-state index in [4.69, 9.17) is 0 Å². The largest absolute Gasteiger partial charge is 0.391 e. The summed E-state index contributed by atoms with van der Waals surface area (Å²) >= 11 is 0. The summed E-state index contributed by atoms with van der Waals surface area (Å²) in [5.74, 6) is -15.0. The Morgan fingerprint density at radius 3 is 0.737 bits per heavy atom. The summed E-state index contributed by atoms with van der Waals surface area (Å²) in [4.78, 5) is 0. The molecule has 57 heavy (non-hydrogen) atoms. The predicted molar refractivity (Wildman–Crippen MR) is 211 cm³/mol. The van der Waals surface area contributed by atoms with Gasteiger partial charge in [-0.3, -0.25) is 8.78 Å². The van der Waals surface area contributed by atoms with Crippen LogP contribution in [-0.2, 0) is 0 Å². The fourth-order valence-corrected chi connectivity index (χ4v) is 2.09. The summed E-state index contributed by atoms with van der Waals surface area (Å²) in [6.07, 6.45) is -5.38. The molecule has 0 aromatic rings. The Bertz CT molecular complexity index is 740. The second kappa shape index (κ2) is 39.0. The van der Waals surface area contributed by atoms with E-state index in [1.807, 2.05) is 41.5 Å². The van der Waals surface area contributed by atoms with Crippen LogP contribution in [0.15, 0.2) is 0 Å². The first-order valence-corrected chi connectivity index (χ1v) is 18.9. The average molecular weight is 881 g/mol. The second-order valence-electron chi connectivity index (χ2n) is 16.5. The number of rotatable bonds is 11. The first-order valence-electron chi connectivity index (χ1n) is 18.9. The lowest BCUT2D eigenvalue weighted by molar-refractivity contribution is -0.220. The van der Waals surface area contributed by atoms with Crippen molar-refractivity contribution in [2.24, 2.45) is 47.3 Å². The lowest BCUT2D eigenvalue weighted by atomic mass is 10.0. The maximum atomic E-state index is 12.3. The van der Waals surface area contributed by atoms with Gasteiger partial charge in [0, 0.05) is 37.0 Å². The molecule has 360 valence electrons. The lowest BCUT2D eigenvalue weighted by Crippen LogP contribution is -2.42. The van der Waals surface area contributed by atoms with Crippen LogP contribution >= 0.6 is 0 Å². The maximum Gasteiger partial charge on any atom is 0.391 e. The van der Waals surface area contributed by atoms with Crippen LogP contribution in [0.1, 0.15) is 165 Å². The van der Waals surface area contributed by atoms with E-state index in [-0.39, 0.29) is 46.0 Å². The van der Waals surface area contributed by atoms with E-state index in [0.29, 0.717) is 24.7 Å². The third kappa shape index (κ3) is 79.7.